The van der Waals surface area contributed by atoms with Gasteiger partial charge in [-0.3, -0.25) is 9.78 Å². The third-order valence-corrected chi connectivity index (χ3v) is 4.30. The molecular formula is C18H24N4O6. The zero-order valence-electron chi connectivity index (χ0n) is 16.0. The predicted octanol–water partition coefficient (Wildman–Crippen LogP) is -0.473. The van der Waals surface area contributed by atoms with Gasteiger partial charge in [-0.15, -0.1) is 0 Å². The maximum absolute atomic E-state index is 12.2. The molecule has 2 heterocycles. The van der Waals surface area contributed by atoms with Gasteiger partial charge in [0.2, 0.25) is 0 Å². The molecule has 1 unspecified atom stereocenters. The molecule has 0 aromatic heterocycles. The smallest absolute Gasteiger partial charge is 0.349 e. The molecule has 10 nitrogen and oxygen atoms in total. The minimum atomic E-state index is -0.821. The highest BCUT2D eigenvalue weighted by Gasteiger charge is 2.20. The van der Waals surface area contributed by atoms with Crippen LogP contribution in [0.3, 0.4) is 0 Å². The Morgan fingerprint density at radius 2 is 1.86 bits per heavy atom. The lowest BCUT2D eigenvalue weighted by atomic mass is 10.1. The van der Waals surface area contributed by atoms with Crippen molar-refractivity contribution in [1.29, 1.82) is 0 Å². The maximum atomic E-state index is 12.2. The van der Waals surface area contributed by atoms with Gasteiger partial charge in [-0.1, -0.05) is 0 Å². The summed E-state index contributed by atoms with van der Waals surface area (Å²) >= 11 is 0. The number of hydrogen-bond acceptors (Lipinski definition) is 8. The van der Waals surface area contributed by atoms with Gasteiger partial charge in [0.15, 0.2) is 11.5 Å². The van der Waals surface area contributed by atoms with Gasteiger partial charge < -0.3 is 24.6 Å². The lowest BCUT2D eigenvalue weighted by Crippen LogP contribution is -2.30. The summed E-state index contributed by atoms with van der Waals surface area (Å²) in [6.07, 6.45) is -0.546. The van der Waals surface area contributed by atoms with Crippen LogP contribution in [0.15, 0.2) is 21.7 Å². The molecule has 0 saturated carbocycles. The fourth-order valence-electron chi connectivity index (χ4n) is 2.82. The fraction of sp³-hybridized carbons (Fsp3) is 0.444. The van der Waals surface area contributed by atoms with Gasteiger partial charge in [-0.25, -0.2) is 9.78 Å². The normalized spacial score (nSPS) is 12.1. The first-order chi connectivity index (χ1) is 13.4. The fourth-order valence-corrected chi connectivity index (χ4v) is 2.82. The number of ether oxygens (including phenoxy) is 1. The number of aromatic nitrogens is 4. The van der Waals surface area contributed by atoms with Gasteiger partial charge in [0.05, 0.1) is 30.3 Å². The van der Waals surface area contributed by atoms with Crippen LogP contribution in [0.25, 0.3) is 22.6 Å². The van der Waals surface area contributed by atoms with Gasteiger partial charge in [-0.05, 0) is 43.5 Å². The summed E-state index contributed by atoms with van der Waals surface area (Å²) in [5.74, 6) is 0.122. The largest absolute Gasteiger partial charge is 0.400 e. The number of aryl methyl sites for hydroxylation is 2. The van der Waals surface area contributed by atoms with Crippen LogP contribution in [0.5, 0.6) is 0 Å². The molecule has 1 aromatic rings. The van der Waals surface area contributed by atoms with Gasteiger partial charge in [0, 0.05) is 7.11 Å². The van der Waals surface area contributed by atoms with E-state index >= 15 is 0 Å². The minimum absolute atomic E-state index is 0.0409. The molecule has 0 aliphatic carbocycles. The number of H-pyrrole nitrogens is 1. The minimum Gasteiger partial charge on any atom is -0.400 e. The average Bonchev–Trinajstić information content (AvgIpc) is 2.66. The number of aliphatic hydroxyl groups excluding tert-OH is 3. The Hall–Kier alpha value is -2.66. The molecule has 1 atom stereocenters. The van der Waals surface area contributed by atoms with Crippen molar-refractivity contribution in [3.8, 4) is 11.5 Å². The first kappa shape index (κ1) is 21.6. The van der Waals surface area contributed by atoms with Crippen molar-refractivity contribution in [2.45, 2.75) is 32.9 Å². The highest BCUT2D eigenvalue weighted by molar-refractivity contribution is 5.81. The number of aliphatic hydroxyl groups is 3. The molecule has 1 aromatic carbocycles. The Bertz CT molecular complexity index is 1030. The van der Waals surface area contributed by atoms with Crippen LogP contribution in [0.1, 0.15) is 17.5 Å². The quantitative estimate of drug-likeness (QED) is 0.250. The predicted molar refractivity (Wildman–Crippen MR) is 102 cm³/mol. The van der Waals surface area contributed by atoms with Crippen molar-refractivity contribution in [2.75, 3.05) is 20.5 Å². The number of rotatable bonds is 6. The van der Waals surface area contributed by atoms with Crippen molar-refractivity contribution >= 4 is 11.0 Å². The molecule has 0 amide bonds. The second-order valence-corrected chi connectivity index (χ2v) is 6.17. The SMILES string of the molecule is CO.Cc1cc2nc3c(=O)[nH]c(=O)nc-3n(CC(O)CCOCO)c2cc1C. The van der Waals surface area contributed by atoms with E-state index in [1.165, 1.54) is 0 Å². The molecular weight excluding hydrogens is 368 g/mol. The van der Waals surface area contributed by atoms with Crippen LogP contribution in [-0.2, 0) is 11.3 Å². The first-order valence-electron chi connectivity index (χ1n) is 8.64. The van der Waals surface area contributed by atoms with Crippen molar-refractivity contribution in [3.63, 3.8) is 0 Å². The zero-order chi connectivity index (χ0) is 20.8. The molecule has 10 heteroatoms. The van der Waals surface area contributed by atoms with Crippen LogP contribution in [0.4, 0.5) is 0 Å². The Morgan fingerprint density at radius 3 is 2.54 bits per heavy atom. The van der Waals surface area contributed by atoms with Crippen LogP contribution in [0.2, 0.25) is 0 Å². The standard InChI is InChI=1S/C17H20N4O5.CH4O/c1-9-5-12-13(6-10(9)2)21(7-11(23)3-4-26-8-22)15-14(18-12)16(24)20-17(25)19-15;1-2/h5-6,11,22-23H,3-4,7-8H2,1-2H3,(H,20,24,25);2H,1H3. The second kappa shape index (κ2) is 9.51. The Kier molecular flexibility index (Phi) is 7.35. The molecule has 28 heavy (non-hydrogen) atoms. The Labute approximate surface area is 160 Å². The summed E-state index contributed by atoms with van der Waals surface area (Å²) in [4.78, 5) is 34.2. The van der Waals surface area contributed by atoms with E-state index in [0.717, 1.165) is 18.2 Å². The van der Waals surface area contributed by atoms with Crippen LogP contribution in [-0.4, -0.2) is 61.5 Å². The summed E-state index contributed by atoms with van der Waals surface area (Å²) in [5, 5.41) is 26.0. The second-order valence-electron chi connectivity index (χ2n) is 6.17. The molecule has 0 spiro atoms. The Morgan fingerprint density at radius 1 is 1.18 bits per heavy atom. The molecule has 0 fully saturated rings. The first-order valence-corrected chi connectivity index (χ1v) is 8.64. The van der Waals surface area contributed by atoms with Gasteiger partial charge in [0.25, 0.3) is 5.56 Å². The van der Waals surface area contributed by atoms with Crippen LogP contribution in [0, 0.1) is 13.8 Å². The number of hydrogen-bond donors (Lipinski definition) is 4. The molecule has 4 N–H and O–H groups in total. The number of benzene rings is 1. The van der Waals surface area contributed by atoms with Gasteiger partial charge >= 0.3 is 5.69 Å². The summed E-state index contributed by atoms with van der Waals surface area (Å²) < 4.78 is 6.47. The number of aromatic amines is 1. The molecule has 2 aliphatic rings. The van der Waals surface area contributed by atoms with E-state index < -0.39 is 24.1 Å². The number of nitrogens with one attached hydrogen (secondary N) is 1. The lowest BCUT2D eigenvalue weighted by Gasteiger charge is -2.20. The van der Waals surface area contributed by atoms with E-state index in [1.807, 2.05) is 26.0 Å². The van der Waals surface area contributed by atoms with Crippen molar-refractivity contribution < 1.29 is 20.1 Å². The lowest BCUT2D eigenvalue weighted by molar-refractivity contribution is -0.0159. The highest BCUT2D eigenvalue weighted by atomic mass is 16.6. The van der Waals surface area contributed by atoms with Crippen LogP contribution >= 0.6 is 0 Å². The monoisotopic (exact) mass is 392 g/mol. The molecule has 0 radical (unpaired) electrons. The zero-order valence-corrected chi connectivity index (χ0v) is 16.0. The van der Waals surface area contributed by atoms with E-state index in [0.29, 0.717) is 11.0 Å². The van der Waals surface area contributed by atoms with Crippen molar-refractivity contribution in [2.24, 2.45) is 0 Å². The third-order valence-electron chi connectivity index (χ3n) is 4.30. The number of nitrogens with zero attached hydrogens (tertiary/aromatic N) is 3. The molecule has 3 rings (SSSR count). The van der Waals surface area contributed by atoms with E-state index in [4.69, 9.17) is 14.9 Å². The summed E-state index contributed by atoms with van der Waals surface area (Å²) in [7, 11) is 1.00. The van der Waals surface area contributed by atoms with E-state index in [2.05, 4.69) is 15.0 Å². The summed E-state index contributed by atoms with van der Waals surface area (Å²) in [5.41, 5.74) is 1.92. The van der Waals surface area contributed by atoms with Crippen molar-refractivity contribution in [3.05, 3.63) is 44.1 Å². The summed E-state index contributed by atoms with van der Waals surface area (Å²) in [6, 6.07) is 3.74. The maximum Gasteiger partial charge on any atom is 0.349 e. The highest BCUT2D eigenvalue weighted by Crippen LogP contribution is 2.24. The van der Waals surface area contributed by atoms with Gasteiger partial charge in [0.1, 0.15) is 6.79 Å². The van der Waals surface area contributed by atoms with Crippen molar-refractivity contribution in [1.82, 2.24) is 19.5 Å². The summed E-state index contributed by atoms with van der Waals surface area (Å²) in [6.45, 7) is 3.74. The van der Waals surface area contributed by atoms with Crippen LogP contribution < -0.4 is 11.2 Å². The van der Waals surface area contributed by atoms with E-state index in [9.17, 15) is 14.7 Å². The van der Waals surface area contributed by atoms with E-state index in [1.54, 1.807) is 4.57 Å². The van der Waals surface area contributed by atoms with E-state index in [-0.39, 0.29) is 31.1 Å². The molecule has 0 saturated heterocycles. The molecule has 152 valence electrons. The topological polar surface area (TPSA) is 151 Å². The molecule has 0 bridgehead atoms. The number of fused-ring (bicyclic) bond motifs is 2. The average molecular weight is 392 g/mol. The Balaban J connectivity index is 0.00000136. The molecule has 2 aliphatic heterocycles. The van der Waals surface area contributed by atoms with Gasteiger partial charge in [-0.2, -0.15) is 4.98 Å². The third kappa shape index (κ3) is 4.60.